The molecule has 0 aliphatic rings. The van der Waals surface area contributed by atoms with Crippen LogP contribution in [0, 0.1) is 13.8 Å². The third-order valence-corrected chi connectivity index (χ3v) is 7.46. The minimum atomic E-state index is 0.694. The molecule has 5 nitrogen and oxygen atoms in total. The summed E-state index contributed by atoms with van der Waals surface area (Å²) in [5.74, 6) is 3.25. The van der Waals surface area contributed by atoms with Gasteiger partial charge in [0.25, 0.3) is 0 Å². The smallest absolute Gasteiger partial charge is 0.236 e. The van der Waals surface area contributed by atoms with Crippen molar-refractivity contribution in [2.75, 3.05) is 0 Å². The van der Waals surface area contributed by atoms with Gasteiger partial charge in [-0.05, 0) is 37.4 Å². The van der Waals surface area contributed by atoms with Crippen molar-refractivity contribution in [2.45, 2.75) is 38.0 Å². The predicted molar refractivity (Wildman–Crippen MR) is 117 cm³/mol. The molecule has 5 heterocycles. The molecule has 0 atom stereocenters. The van der Waals surface area contributed by atoms with E-state index in [9.17, 15) is 0 Å². The number of thioether (sulfide) groups is 1. The summed E-state index contributed by atoms with van der Waals surface area (Å²) in [5.41, 5.74) is 3.30. The highest BCUT2D eigenvalue weighted by atomic mass is 32.2. The van der Waals surface area contributed by atoms with Crippen molar-refractivity contribution in [3.8, 4) is 10.8 Å². The van der Waals surface area contributed by atoms with E-state index in [2.05, 4.69) is 40.6 Å². The maximum Gasteiger partial charge on any atom is 0.236 e. The SMILES string of the molecule is CCc1nnc(SCc2nc(-c3cccs3)oc2C)c2cc3sc(C)cc3n12. The highest BCUT2D eigenvalue weighted by Crippen LogP contribution is 2.35. The first-order valence-electron chi connectivity index (χ1n) is 9.04. The van der Waals surface area contributed by atoms with Gasteiger partial charge in [-0.3, -0.25) is 4.40 Å². The second-order valence-electron chi connectivity index (χ2n) is 6.53. The molecule has 5 aromatic rings. The number of aryl methyl sites for hydroxylation is 3. The number of nitrogens with zero attached hydrogens (tertiary/aromatic N) is 4. The van der Waals surface area contributed by atoms with Gasteiger partial charge in [-0.2, -0.15) is 0 Å². The lowest BCUT2D eigenvalue weighted by Crippen LogP contribution is -2.03. The van der Waals surface area contributed by atoms with Crippen LogP contribution in [0.2, 0.25) is 0 Å². The molecule has 5 rings (SSSR count). The third kappa shape index (κ3) is 2.96. The van der Waals surface area contributed by atoms with Crippen molar-refractivity contribution in [3.05, 3.63) is 51.8 Å². The van der Waals surface area contributed by atoms with Crippen LogP contribution in [0.25, 0.3) is 26.5 Å². The van der Waals surface area contributed by atoms with Gasteiger partial charge in [0.1, 0.15) is 16.6 Å². The van der Waals surface area contributed by atoms with Crippen LogP contribution in [-0.2, 0) is 12.2 Å². The van der Waals surface area contributed by atoms with Gasteiger partial charge in [0.2, 0.25) is 5.89 Å². The molecule has 0 radical (unpaired) electrons. The van der Waals surface area contributed by atoms with Gasteiger partial charge in [-0.15, -0.1) is 32.9 Å². The van der Waals surface area contributed by atoms with Crippen LogP contribution in [0.1, 0.15) is 29.1 Å². The Kier molecular flexibility index (Phi) is 4.49. The van der Waals surface area contributed by atoms with E-state index in [4.69, 9.17) is 9.40 Å². The molecule has 0 amide bonds. The Hall–Kier alpha value is -2.16. The molecule has 0 unspecified atom stereocenters. The first-order valence-corrected chi connectivity index (χ1v) is 11.7. The summed E-state index contributed by atoms with van der Waals surface area (Å²) >= 11 is 5.11. The summed E-state index contributed by atoms with van der Waals surface area (Å²) in [6.45, 7) is 6.23. The fraction of sp³-hybridized carbons (Fsp3) is 0.250. The fourth-order valence-corrected chi connectivity index (χ4v) is 5.82. The first-order chi connectivity index (χ1) is 13.6. The summed E-state index contributed by atoms with van der Waals surface area (Å²) in [6, 6.07) is 8.50. The highest BCUT2D eigenvalue weighted by molar-refractivity contribution is 7.98. The number of rotatable bonds is 5. The minimum absolute atomic E-state index is 0.694. The average molecular weight is 427 g/mol. The molecule has 0 aliphatic heterocycles. The Balaban J connectivity index is 1.50. The summed E-state index contributed by atoms with van der Waals surface area (Å²) in [5, 5.41) is 12.0. The Morgan fingerprint density at radius 1 is 1.18 bits per heavy atom. The molecule has 0 bridgehead atoms. The lowest BCUT2D eigenvalue weighted by molar-refractivity contribution is 0.542. The average Bonchev–Trinajstić information content (AvgIpc) is 3.44. The zero-order valence-corrected chi connectivity index (χ0v) is 18.2. The Labute approximate surface area is 174 Å². The number of hydrogen-bond donors (Lipinski definition) is 0. The Morgan fingerprint density at radius 2 is 2.07 bits per heavy atom. The lowest BCUT2D eigenvalue weighted by Gasteiger charge is -2.06. The quantitative estimate of drug-likeness (QED) is 0.316. The first kappa shape index (κ1) is 17.9. The van der Waals surface area contributed by atoms with Crippen molar-refractivity contribution in [1.82, 2.24) is 19.6 Å². The second-order valence-corrected chi connectivity index (χ2v) is 9.73. The van der Waals surface area contributed by atoms with Gasteiger partial charge >= 0.3 is 0 Å². The molecular formula is C20H18N4OS3. The van der Waals surface area contributed by atoms with E-state index in [0.29, 0.717) is 11.6 Å². The van der Waals surface area contributed by atoms with Crippen molar-refractivity contribution in [3.63, 3.8) is 0 Å². The number of fused-ring (bicyclic) bond motifs is 3. The maximum atomic E-state index is 5.87. The summed E-state index contributed by atoms with van der Waals surface area (Å²) in [7, 11) is 0. The summed E-state index contributed by atoms with van der Waals surface area (Å²) in [6.07, 6.45) is 0.847. The molecule has 28 heavy (non-hydrogen) atoms. The van der Waals surface area contributed by atoms with Gasteiger partial charge in [0, 0.05) is 17.1 Å². The maximum absolute atomic E-state index is 5.87. The van der Waals surface area contributed by atoms with Crippen LogP contribution in [0.15, 0.2) is 39.1 Å². The van der Waals surface area contributed by atoms with Crippen molar-refractivity contribution < 1.29 is 4.42 Å². The topological polar surface area (TPSA) is 56.2 Å². The largest absolute Gasteiger partial charge is 0.440 e. The Morgan fingerprint density at radius 3 is 2.86 bits per heavy atom. The van der Waals surface area contributed by atoms with E-state index in [1.54, 1.807) is 23.1 Å². The van der Waals surface area contributed by atoms with Crippen LogP contribution in [-0.4, -0.2) is 19.6 Å². The van der Waals surface area contributed by atoms with Gasteiger partial charge in [-0.1, -0.05) is 24.8 Å². The van der Waals surface area contributed by atoms with Crippen LogP contribution in [0.3, 0.4) is 0 Å². The van der Waals surface area contributed by atoms with E-state index >= 15 is 0 Å². The summed E-state index contributed by atoms with van der Waals surface area (Å²) in [4.78, 5) is 7.06. The molecule has 0 aliphatic carbocycles. The van der Waals surface area contributed by atoms with Gasteiger partial charge in [0.15, 0.2) is 0 Å². The van der Waals surface area contributed by atoms with Gasteiger partial charge < -0.3 is 4.42 Å². The predicted octanol–water partition coefficient (Wildman–Crippen LogP) is 6.13. The molecule has 5 aromatic heterocycles. The fourth-order valence-electron chi connectivity index (χ4n) is 3.29. The van der Waals surface area contributed by atoms with Crippen molar-refractivity contribution in [2.24, 2.45) is 0 Å². The molecule has 0 N–H and O–H groups in total. The molecular weight excluding hydrogens is 408 g/mol. The van der Waals surface area contributed by atoms with E-state index in [0.717, 1.165) is 39.1 Å². The number of hydrogen-bond acceptors (Lipinski definition) is 7. The van der Waals surface area contributed by atoms with E-state index in [1.165, 1.54) is 15.1 Å². The molecule has 8 heteroatoms. The van der Waals surface area contributed by atoms with Crippen LogP contribution in [0.4, 0.5) is 0 Å². The normalized spacial score (nSPS) is 11.8. The van der Waals surface area contributed by atoms with Crippen LogP contribution < -0.4 is 0 Å². The lowest BCUT2D eigenvalue weighted by atomic mass is 10.4. The second kappa shape index (κ2) is 7.02. The number of oxazole rings is 1. The van der Waals surface area contributed by atoms with Gasteiger partial charge in [-0.25, -0.2) is 4.98 Å². The van der Waals surface area contributed by atoms with Crippen molar-refractivity contribution >= 4 is 50.2 Å². The monoisotopic (exact) mass is 426 g/mol. The molecule has 0 saturated heterocycles. The van der Waals surface area contributed by atoms with E-state index < -0.39 is 0 Å². The highest BCUT2D eigenvalue weighted by Gasteiger charge is 2.17. The van der Waals surface area contributed by atoms with Gasteiger partial charge in [0.05, 0.1) is 26.3 Å². The third-order valence-electron chi connectivity index (χ3n) is 4.63. The minimum Gasteiger partial charge on any atom is -0.440 e. The molecule has 0 saturated carbocycles. The summed E-state index contributed by atoms with van der Waals surface area (Å²) < 4.78 is 9.40. The van der Waals surface area contributed by atoms with Crippen molar-refractivity contribution in [1.29, 1.82) is 0 Å². The van der Waals surface area contributed by atoms with Crippen LogP contribution in [0.5, 0.6) is 0 Å². The standard InChI is InChI=1S/C20H18N4OS3/c1-4-18-22-23-20(15-9-17-14(24(15)18)8-11(2)28-17)27-10-13-12(3)25-19(21-13)16-6-5-7-26-16/h5-9H,4,10H2,1-3H3. The Bertz CT molecular complexity index is 1280. The number of aromatic nitrogens is 4. The molecule has 142 valence electrons. The molecule has 0 spiro atoms. The molecule has 0 aromatic carbocycles. The van der Waals surface area contributed by atoms with E-state index in [-0.39, 0.29) is 0 Å². The number of thiophene rings is 2. The van der Waals surface area contributed by atoms with Crippen LogP contribution >= 0.6 is 34.4 Å². The zero-order chi connectivity index (χ0) is 19.3. The molecule has 0 fully saturated rings. The van der Waals surface area contributed by atoms with E-state index in [1.807, 2.05) is 35.8 Å². The zero-order valence-electron chi connectivity index (χ0n) is 15.7.